The second-order valence-corrected chi connectivity index (χ2v) is 11.4. The number of hydrogen-bond acceptors (Lipinski definition) is 3. The zero-order valence-electron chi connectivity index (χ0n) is 23.0. The van der Waals surface area contributed by atoms with Crippen LogP contribution in [0.25, 0.3) is 33.5 Å². The first kappa shape index (κ1) is 25.1. The van der Waals surface area contributed by atoms with E-state index in [1.807, 2.05) is 24.8 Å². The zero-order chi connectivity index (χ0) is 27.2. The lowest BCUT2D eigenvalue weighted by molar-refractivity contribution is 0.0735. The van der Waals surface area contributed by atoms with Crippen LogP contribution in [-0.4, -0.2) is 54.2 Å². The predicted molar refractivity (Wildman–Crippen MR) is 155 cm³/mol. The number of alkyl halides is 1. The number of amides is 1. The van der Waals surface area contributed by atoms with Crippen molar-refractivity contribution in [3.8, 4) is 11.5 Å². The Hall–Kier alpha value is -3.94. The normalized spacial score (nSPS) is 15.4. The molecule has 1 aliphatic heterocycles. The fourth-order valence-corrected chi connectivity index (χ4v) is 6.32. The number of hydrogen-bond donors (Lipinski definition) is 0. The van der Waals surface area contributed by atoms with Crippen molar-refractivity contribution in [1.29, 1.82) is 0 Å². The summed E-state index contributed by atoms with van der Waals surface area (Å²) < 4.78 is 19.6. The summed E-state index contributed by atoms with van der Waals surface area (Å²) >= 11 is 0. The van der Waals surface area contributed by atoms with Crippen molar-refractivity contribution < 1.29 is 9.18 Å². The van der Waals surface area contributed by atoms with Crippen LogP contribution in [0, 0.1) is 5.92 Å². The van der Waals surface area contributed by atoms with Gasteiger partial charge in [0.05, 0.1) is 35.2 Å². The lowest BCUT2D eigenvalue weighted by Gasteiger charge is -2.28. The summed E-state index contributed by atoms with van der Waals surface area (Å²) in [5, 5.41) is 1.25. The van der Waals surface area contributed by atoms with Gasteiger partial charge in [-0.15, -0.1) is 0 Å². The van der Waals surface area contributed by atoms with Gasteiger partial charge in [-0.2, -0.15) is 0 Å². The molecule has 0 atom stereocenters. The predicted octanol–water partition coefficient (Wildman–Crippen LogP) is 5.79. The van der Waals surface area contributed by atoms with Crippen molar-refractivity contribution in [2.75, 3.05) is 19.8 Å². The number of para-hydroxylation sites is 1. The van der Waals surface area contributed by atoms with E-state index in [1.165, 1.54) is 29.3 Å². The fraction of sp³-hybridized carbons (Fsp3) is 0.406. The minimum Gasteiger partial charge on any atom is -0.338 e. The van der Waals surface area contributed by atoms with Crippen LogP contribution in [0.3, 0.4) is 0 Å². The van der Waals surface area contributed by atoms with E-state index in [1.54, 1.807) is 4.90 Å². The summed E-state index contributed by atoms with van der Waals surface area (Å²) in [6.07, 6.45) is 11.5. The second-order valence-electron chi connectivity index (χ2n) is 11.4. The lowest BCUT2D eigenvalue weighted by atomic mass is 9.98. The number of rotatable bonds is 10. The van der Waals surface area contributed by atoms with Gasteiger partial charge in [0.2, 0.25) is 0 Å². The fourth-order valence-electron chi connectivity index (χ4n) is 6.32. The minimum atomic E-state index is -0.402. The quantitative estimate of drug-likeness (QED) is 0.226. The van der Waals surface area contributed by atoms with Gasteiger partial charge < -0.3 is 18.6 Å². The summed E-state index contributed by atoms with van der Waals surface area (Å²) in [5.74, 6) is 1.63. The molecule has 2 aliphatic rings. The first-order chi connectivity index (χ1) is 19.6. The van der Waals surface area contributed by atoms with E-state index in [2.05, 4.69) is 56.1 Å². The zero-order valence-corrected chi connectivity index (χ0v) is 23.0. The Bertz CT molecular complexity index is 1690. The Kier molecular flexibility index (Phi) is 6.41. The third kappa shape index (κ3) is 4.49. The number of aryl methyl sites for hydroxylation is 3. The Morgan fingerprint density at radius 2 is 2.00 bits per heavy atom. The molecule has 206 valence electrons. The summed E-state index contributed by atoms with van der Waals surface area (Å²) in [4.78, 5) is 24.3. The van der Waals surface area contributed by atoms with Crippen molar-refractivity contribution in [2.45, 2.75) is 51.6 Å². The average Bonchev–Trinajstić information content (AvgIpc) is 3.34. The number of fused-ring (bicyclic) bond motifs is 3. The Morgan fingerprint density at radius 1 is 1.10 bits per heavy atom. The molecular weight excluding hydrogens is 503 g/mol. The smallest absolute Gasteiger partial charge is 0.254 e. The van der Waals surface area contributed by atoms with E-state index in [9.17, 15) is 9.18 Å². The Labute approximate surface area is 233 Å². The third-order valence-electron chi connectivity index (χ3n) is 8.63. The molecule has 40 heavy (non-hydrogen) atoms. The van der Waals surface area contributed by atoms with Crippen molar-refractivity contribution in [3.63, 3.8) is 0 Å². The van der Waals surface area contributed by atoms with Gasteiger partial charge >= 0.3 is 0 Å². The molecule has 1 amide bonds. The third-order valence-corrected chi connectivity index (χ3v) is 8.63. The molecule has 0 unspecified atom stereocenters. The molecule has 0 bridgehead atoms. The number of benzene rings is 2. The number of imidazole rings is 2. The monoisotopic (exact) mass is 538 g/mol. The molecule has 1 fully saturated rings. The maximum Gasteiger partial charge on any atom is 0.254 e. The van der Waals surface area contributed by atoms with Crippen molar-refractivity contribution in [2.24, 2.45) is 13.0 Å². The van der Waals surface area contributed by atoms with E-state index in [4.69, 9.17) is 4.98 Å². The Morgan fingerprint density at radius 3 is 2.80 bits per heavy atom. The van der Waals surface area contributed by atoms with Crippen molar-refractivity contribution in [3.05, 3.63) is 71.8 Å². The van der Waals surface area contributed by atoms with Gasteiger partial charge in [-0.1, -0.05) is 18.2 Å². The minimum absolute atomic E-state index is 0.00742. The molecule has 7 rings (SSSR count). The summed E-state index contributed by atoms with van der Waals surface area (Å²) in [6.45, 7) is 2.65. The molecule has 3 aromatic heterocycles. The van der Waals surface area contributed by atoms with Gasteiger partial charge in [0.1, 0.15) is 0 Å². The molecule has 0 saturated heterocycles. The molecule has 0 spiro atoms. The van der Waals surface area contributed by atoms with Crippen molar-refractivity contribution in [1.82, 2.24) is 28.6 Å². The SMILES string of the molecule is Cn1c(-c2cc3cccc(CCCn4ccnc4)c3n2CC2CC2)nc2cc3c(cc21)CCN(CCCF)C3=O. The molecule has 0 N–H and O–H groups in total. The molecule has 7 nitrogen and oxygen atoms in total. The van der Waals surface area contributed by atoms with E-state index >= 15 is 0 Å². The summed E-state index contributed by atoms with van der Waals surface area (Å²) in [5.41, 5.74) is 7.47. The number of aromatic nitrogens is 5. The number of carbonyl (C=O) groups is 1. The highest BCUT2D eigenvalue weighted by Crippen LogP contribution is 2.38. The van der Waals surface area contributed by atoms with E-state index in [0.717, 1.165) is 60.5 Å². The summed E-state index contributed by atoms with van der Waals surface area (Å²) in [6, 6.07) is 13.0. The molecule has 5 aromatic rings. The molecular formula is C32H35FN6O. The van der Waals surface area contributed by atoms with Crippen LogP contribution in [0.1, 0.15) is 47.2 Å². The molecule has 8 heteroatoms. The van der Waals surface area contributed by atoms with E-state index in [0.29, 0.717) is 31.0 Å². The van der Waals surface area contributed by atoms with Crippen LogP contribution in [0.4, 0.5) is 4.39 Å². The van der Waals surface area contributed by atoms with Gasteiger partial charge in [0.15, 0.2) is 5.82 Å². The molecule has 4 heterocycles. The average molecular weight is 539 g/mol. The second kappa shape index (κ2) is 10.2. The largest absolute Gasteiger partial charge is 0.338 e. The van der Waals surface area contributed by atoms with Gasteiger partial charge in [-0.25, -0.2) is 9.97 Å². The van der Waals surface area contributed by atoms with Crippen LogP contribution in [0.5, 0.6) is 0 Å². The highest BCUT2D eigenvalue weighted by Gasteiger charge is 2.28. The van der Waals surface area contributed by atoms with Crippen LogP contribution < -0.4 is 0 Å². The molecule has 2 aromatic carbocycles. The lowest BCUT2D eigenvalue weighted by Crippen LogP contribution is -2.38. The molecule has 1 aliphatic carbocycles. The highest BCUT2D eigenvalue weighted by molar-refractivity contribution is 6.00. The standard InChI is InChI=1S/C32H35FN6O/c1-36-28-17-24-10-15-38(14-4-11-33)32(40)26(24)19-27(28)35-31(36)29-18-25-6-2-5-23(7-3-13-37-16-12-34-21-37)30(25)39(29)20-22-8-9-22/h2,5-6,12,16-19,21-22H,3-4,7-11,13-15,20H2,1H3. The Balaban J connectivity index is 1.28. The van der Waals surface area contributed by atoms with Crippen LogP contribution in [-0.2, 0) is 33.0 Å². The van der Waals surface area contributed by atoms with Gasteiger partial charge in [-0.05, 0) is 73.8 Å². The maximum atomic E-state index is 13.2. The van der Waals surface area contributed by atoms with E-state index < -0.39 is 6.67 Å². The summed E-state index contributed by atoms with van der Waals surface area (Å²) in [7, 11) is 2.08. The van der Waals surface area contributed by atoms with Crippen molar-refractivity contribution >= 4 is 27.8 Å². The molecule has 0 radical (unpaired) electrons. The topological polar surface area (TPSA) is 60.9 Å². The highest BCUT2D eigenvalue weighted by atomic mass is 19.1. The van der Waals surface area contributed by atoms with E-state index in [-0.39, 0.29) is 5.91 Å². The number of nitrogens with zero attached hydrogens (tertiary/aromatic N) is 6. The number of carbonyl (C=O) groups excluding carboxylic acids is 1. The van der Waals surface area contributed by atoms with Crippen LogP contribution >= 0.6 is 0 Å². The van der Waals surface area contributed by atoms with Crippen LogP contribution in [0.2, 0.25) is 0 Å². The van der Waals surface area contributed by atoms with Crippen LogP contribution in [0.15, 0.2) is 55.1 Å². The number of halogens is 1. The maximum absolute atomic E-state index is 13.2. The first-order valence-electron chi connectivity index (χ1n) is 14.5. The van der Waals surface area contributed by atoms with Gasteiger partial charge in [0, 0.05) is 56.6 Å². The molecule has 1 saturated carbocycles. The van der Waals surface area contributed by atoms with Gasteiger partial charge in [0.25, 0.3) is 5.91 Å². The first-order valence-corrected chi connectivity index (χ1v) is 14.5. The van der Waals surface area contributed by atoms with Gasteiger partial charge in [-0.3, -0.25) is 9.18 Å².